The maximum Gasteiger partial charge on any atom is 0.382 e. The van der Waals surface area contributed by atoms with Crippen molar-refractivity contribution in [1.29, 1.82) is 0 Å². The zero-order valence-corrected chi connectivity index (χ0v) is 11.4. The Kier molecular flexibility index (Phi) is 4.68. The average Bonchev–Trinajstić information content (AvgIpc) is 2.36. The van der Waals surface area contributed by atoms with Gasteiger partial charge in [0.15, 0.2) is 15.9 Å². The number of aromatic nitrogens is 1. The molecule has 0 aromatic carbocycles. The van der Waals surface area contributed by atoms with E-state index in [1.807, 2.05) is 13.8 Å². The molecule has 0 saturated carbocycles. The van der Waals surface area contributed by atoms with E-state index >= 15 is 0 Å². The van der Waals surface area contributed by atoms with Gasteiger partial charge in [-0.2, -0.15) is 0 Å². The fourth-order valence-electron chi connectivity index (χ4n) is 1.33. The van der Waals surface area contributed by atoms with Crippen molar-refractivity contribution in [1.82, 2.24) is 4.98 Å². The third-order valence-corrected chi connectivity index (χ3v) is 2.67. The van der Waals surface area contributed by atoms with Crippen LogP contribution in [0.15, 0.2) is 4.47 Å². The molecule has 0 atom stereocenters. The van der Waals surface area contributed by atoms with E-state index in [9.17, 15) is 10.1 Å². The second kappa shape index (κ2) is 5.81. The topological polar surface area (TPSA) is 74.5 Å². The molecule has 94 valence electrons. The first-order chi connectivity index (χ1) is 8.11. The lowest BCUT2D eigenvalue weighted by Gasteiger charge is -2.18. The fraction of sp³-hybridized carbons (Fsp3) is 0.500. The first-order valence-electron chi connectivity index (χ1n) is 5.21. The molecule has 0 radical (unpaired) electrons. The summed E-state index contributed by atoms with van der Waals surface area (Å²) in [6.07, 6.45) is 0. The van der Waals surface area contributed by atoms with Crippen molar-refractivity contribution < 1.29 is 14.4 Å². The van der Waals surface area contributed by atoms with Gasteiger partial charge >= 0.3 is 5.82 Å². The number of nitrogens with zero attached hydrogens (tertiary/aromatic N) is 2. The number of fused-ring (bicyclic) bond motifs is 1. The molecule has 1 aliphatic heterocycles. The van der Waals surface area contributed by atoms with Gasteiger partial charge in [-0.1, -0.05) is 13.8 Å². The Balaban J connectivity index is 0.000000686. The molecule has 6 nitrogen and oxygen atoms in total. The van der Waals surface area contributed by atoms with Gasteiger partial charge in [-0.05, 0) is 25.8 Å². The summed E-state index contributed by atoms with van der Waals surface area (Å²) in [6, 6.07) is 0. The molecular weight excluding hydrogens is 292 g/mol. The number of rotatable bonds is 1. The highest BCUT2D eigenvalue weighted by atomic mass is 79.9. The summed E-state index contributed by atoms with van der Waals surface area (Å²) in [5.74, 6) is 0.580. The number of hydrogen-bond donors (Lipinski definition) is 0. The highest BCUT2D eigenvalue weighted by Crippen LogP contribution is 2.43. The van der Waals surface area contributed by atoms with Crippen LogP contribution in [0.5, 0.6) is 11.5 Å². The van der Waals surface area contributed by atoms with Gasteiger partial charge in [0.05, 0.1) is 0 Å². The van der Waals surface area contributed by atoms with Crippen molar-refractivity contribution >= 4 is 21.7 Å². The second-order valence-electron chi connectivity index (χ2n) is 2.95. The van der Waals surface area contributed by atoms with E-state index in [0.717, 1.165) is 0 Å². The highest BCUT2D eigenvalue weighted by molar-refractivity contribution is 9.10. The van der Waals surface area contributed by atoms with Crippen LogP contribution in [-0.2, 0) is 0 Å². The molecule has 17 heavy (non-hydrogen) atoms. The Bertz CT molecular complexity index is 437. The van der Waals surface area contributed by atoms with Gasteiger partial charge in [-0.15, -0.1) is 0 Å². The standard InChI is InChI=1S/C8H7BrN2O4.C2H6/c1-4-6-7(15-3-2-14-6)5(9)8(10-4)11(12)13;1-2/h2-3H2,1H3;1-2H3. The van der Waals surface area contributed by atoms with Crippen LogP contribution in [0, 0.1) is 17.0 Å². The largest absolute Gasteiger partial charge is 0.485 e. The number of hydrogen-bond acceptors (Lipinski definition) is 5. The zero-order chi connectivity index (χ0) is 13.0. The smallest absolute Gasteiger partial charge is 0.382 e. The van der Waals surface area contributed by atoms with E-state index in [-0.39, 0.29) is 10.3 Å². The summed E-state index contributed by atoms with van der Waals surface area (Å²) >= 11 is 3.09. The number of nitro groups is 1. The van der Waals surface area contributed by atoms with Gasteiger partial charge in [0.25, 0.3) is 0 Å². The first-order valence-corrected chi connectivity index (χ1v) is 6.00. The molecule has 0 aliphatic carbocycles. The molecule has 7 heteroatoms. The fourth-order valence-corrected chi connectivity index (χ4v) is 1.86. The maximum absolute atomic E-state index is 10.7. The molecule has 1 aliphatic rings. The minimum Gasteiger partial charge on any atom is -0.485 e. The summed E-state index contributed by atoms with van der Waals surface area (Å²) in [7, 11) is 0. The summed E-state index contributed by atoms with van der Waals surface area (Å²) in [6.45, 7) is 6.46. The van der Waals surface area contributed by atoms with E-state index in [2.05, 4.69) is 20.9 Å². The predicted molar refractivity (Wildman–Crippen MR) is 65.7 cm³/mol. The van der Waals surface area contributed by atoms with Crippen molar-refractivity contribution in [2.75, 3.05) is 13.2 Å². The van der Waals surface area contributed by atoms with Gasteiger partial charge in [-0.3, -0.25) is 0 Å². The molecule has 1 aromatic rings. The van der Waals surface area contributed by atoms with Crippen molar-refractivity contribution in [3.05, 3.63) is 20.3 Å². The van der Waals surface area contributed by atoms with E-state index < -0.39 is 4.92 Å². The van der Waals surface area contributed by atoms with Crippen molar-refractivity contribution in [2.45, 2.75) is 20.8 Å². The molecule has 0 unspecified atom stereocenters. The molecule has 0 spiro atoms. The van der Waals surface area contributed by atoms with Crippen LogP contribution in [0.3, 0.4) is 0 Å². The normalized spacial score (nSPS) is 12.5. The van der Waals surface area contributed by atoms with Crippen LogP contribution in [0.1, 0.15) is 19.5 Å². The van der Waals surface area contributed by atoms with Crippen LogP contribution in [0.25, 0.3) is 0 Å². The van der Waals surface area contributed by atoms with Gasteiger partial charge in [0.2, 0.25) is 5.75 Å². The first kappa shape index (κ1) is 13.7. The lowest BCUT2D eigenvalue weighted by Crippen LogP contribution is -2.17. The summed E-state index contributed by atoms with van der Waals surface area (Å²) in [5.41, 5.74) is 0.458. The number of pyridine rings is 1. The summed E-state index contributed by atoms with van der Waals surface area (Å²) in [4.78, 5) is 14.0. The van der Waals surface area contributed by atoms with Gasteiger partial charge in [0, 0.05) is 6.92 Å². The molecule has 0 bridgehead atoms. The molecule has 0 N–H and O–H groups in total. The monoisotopic (exact) mass is 304 g/mol. The van der Waals surface area contributed by atoms with Crippen molar-refractivity contribution in [3.63, 3.8) is 0 Å². The Labute approximate surface area is 107 Å². The molecule has 2 heterocycles. The van der Waals surface area contributed by atoms with Crippen LogP contribution in [-0.4, -0.2) is 23.1 Å². The van der Waals surface area contributed by atoms with Crippen molar-refractivity contribution in [3.8, 4) is 11.5 Å². The molecular formula is C10H13BrN2O4. The predicted octanol–water partition coefficient (Wildman–Crippen LogP) is 2.86. The van der Waals surface area contributed by atoms with E-state index in [4.69, 9.17) is 9.47 Å². The van der Waals surface area contributed by atoms with Crippen LogP contribution < -0.4 is 9.47 Å². The summed E-state index contributed by atoms with van der Waals surface area (Å²) in [5, 5.41) is 10.7. The average molecular weight is 305 g/mol. The molecule has 1 aromatic heterocycles. The van der Waals surface area contributed by atoms with Gasteiger partial charge in [0.1, 0.15) is 13.2 Å². The van der Waals surface area contributed by atoms with Crippen molar-refractivity contribution in [2.24, 2.45) is 0 Å². The van der Waals surface area contributed by atoms with E-state index in [0.29, 0.717) is 30.4 Å². The minimum atomic E-state index is -0.560. The lowest BCUT2D eigenvalue weighted by molar-refractivity contribution is -0.390. The Hall–Kier alpha value is -1.37. The quantitative estimate of drug-likeness (QED) is 0.589. The molecule has 0 amide bonds. The zero-order valence-electron chi connectivity index (χ0n) is 9.82. The Morgan fingerprint density at radius 1 is 1.29 bits per heavy atom. The maximum atomic E-state index is 10.7. The minimum absolute atomic E-state index is 0.229. The Morgan fingerprint density at radius 2 is 1.82 bits per heavy atom. The van der Waals surface area contributed by atoms with Crippen LogP contribution >= 0.6 is 15.9 Å². The molecule has 0 fully saturated rings. The number of aryl methyl sites for hydroxylation is 1. The van der Waals surface area contributed by atoms with Crippen LogP contribution in [0.2, 0.25) is 0 Å². The van der Waals surface area contributed by atoms with E-state index in [1.54, 1.807) is 6.92 Å². The van der Waals surface area contributed by atoms with E-state index in [1.165, 1.54) is 0 Å². The molecule has 2 rings (SSSR count). The van der Waals surface area contributed by atoms with Gasteiger partial charge < -0.3 is 19.6 Å². The second-order valence-corrected chi connectivity index (χ2v) is 3.74. The highest BCUT2D eigenvalue weighted by Gasteiger charge is 2.28. The number of ether oxygens (including phenoxy) is 2. The summed E-state index contributed by atoms with van der Waals surface area (Å²) < 4.78 is 10.9. The third kappa shape index (κ3) is 2.66. The Morgan fingerprint density at radius 3 is 2.35 bits per heavy atom. The van der Waals surface area contributed by atoms with Crippen LogP contribution in [0.4, 0.5) is 5.82 Å². The SMILES string of the molecule is CC.Cc1nc([N+](=O)[O-])c(Br)c2c1OCCO2. The number of halogens is 1. The lowest BCUT2D eigenvalue weighted by atomic mass is 10.3. The molecule has 0 saturated heterocycles. The third-order valence-electron chi connectivity index (χ3n) is 1.95. The van der Waals surface area contributed by atoms with Gasteiger partial charge in [-0.25, -0.2) is 0 Å².